The molecule has 1 aromatic rings. The minimum absolute atomic E-state index is 0.00508. The minimum atomic E-state index is -0.227. The van der Waals surface area contributed by atoms with E-state index in [1.165, 1.54) is 6.92 Å². The zero-order valence-corrected chi connectivity index (χ0v) is 11.6. The maximum atomic E-state index is 11.6. The van der Waals surface area contributed by atoms with E-state index in [-0.39, 0.29) is 18.4 Å². The van der Waals surface area contributed by atoms with Crippen molar-refractivity contribution in [1.82, 2.24) is 10.6 Å². The van der Waals surface area contributed by atoms with E-state index in [2.05, 4.69) is 20.9 Å². The Morgan fingerprint density at radius 3 is 2.45 bits per heavy atom. The van der Waals surface area contributed by atoms with Gasteiger partial charge in [-0.25, -0.2) is 0 Å². The first-order valence-corrected chi connectivity index (χ1v) is 6.75. The number of nitrogens with one attached hydrogen (secondary N) is 3. The monoisotopic (exact) mass is 276 g/mol. The van der Waals surface area contributed by atoms with Gasteiger partial charge >= 0.3 is 0 Å². The van der Waals surface area contributed by atoms with Crippen LogP contribution in [-0.4, -0.2) is 44.5 Å². The molecule has 6 heteroatoms. The van der Waals surface area contributed by atoms with E-state index in [0.717, 1.165) is 37.6 Å². The Bertz CT molecular complexity index is 467. The van der Waals surface area contributed by atoms with Crippen molar-refractivity contribution in [2.24, 2.45) is 0 Å². The summed E-state index contributed by atoms with van der Waals surface area (Å²) in [4.78, 5) is 24.6. The first-order valence-electron chi connectivity index (χ1n) is 6.75. The standard InChI is InChI=1S/C14H20N4O2/c1-11(19)16-10-14(20)17-12-2-4-13(5-3-12)18-8-6-15-7-9-18/h2-5,15H,6-10H2,1H3,(H,16,19)(H,17,20). The molecule has 1 saturated heterocycles. The zero-order valence-electron chi connectivity index (χ0n) is 11.6. The van der Waals surface area contributed by atoms with Gasteiger partial charge < -0.3 is 20.9 Å². The van der Waals surface area contributed by atoms with Gasteiger partial charge in [0.15, 0.2) is 0 Å². The fraction of sp³-hybridized carbons (Fsp3) is 0.429. The number of rotatable bonds is 4. The molecule has 2 amide bonds. The number of piperazine rings is 1. The largest absolute Gasteiger partial charge is 0.369 e. The molecular formula is C14H20N4O2. The van der Waals surface area contributed by atoms with E-state index in [1.807, 2.05) is 24.3 Å². The van der Waals surface area contributed by atoms with E-state index in [1.54, 1.807) is 0 Å². The highest BCUT2D eigenvalue weighted by Gasteiger charge is 2.10. The molecule has 0 spiro atoms. The lowest BCUT2D eigenvalue weighted by Gasteiger charge is -2.29. The maximum absolute atomic E-state index is 11.6. The summed E-state index contributed by atoms with van der Waals surface area (Å²) in [5, 5.41) is 8.52. The highest BCUT2D eigenvalue weighted by molar-refractivity contribution is 5.94. The lowest BCUT2D eigenvalue weighted by Crippen LogP contribution is -2.43. The normalized spacial score (nSPS) is 14.8. The molecular weight excluding hydrogens is 256 g/mol. The van der Waals surface area contributed by atoms with Gasteiger partial charge in [-0.1, -0.05) is 0 Å². The molecule has 6 nitrogen and oxygen atoms in total. The number of hydrogen-bond donors (Lipinski definition) is 3. The number of carbonyl (C=O) groups is 2. The second kappa shape index (κ2) is 6.91. The molecule has 2 rings (SSSR count). The van der Waals surface area contributed by atoms with Crippen molar-refractivity contribution >= 4 is 23.2 Å². The summed E-state index contributed by atoms with van der Waals surface area (Å²) in [5.41, 5.74) is 1.89. The Labute approximate surface area is 118 Å². The zero-order chi connectivity index (χ0) is 14.4. The molecule has 1 heterocycles. The summed E-state index contributed by atoms with van der Waals surface area (Å²) in [6, 6.07) is 7.75. The van der Waals surface area contributed by atoms with Gasteiger partial charge in [-0.05, 0) is 24.3 Å². The topological polar surface area (TPSA) is 73.5 Å². The molecule has 1 aliphatic rings. The molecule has 0 aliphatic carbocycles. The summed E-state index contributed by atoms with van der Waals surface area (Å²) in [7, 11) is 0. The molecule has 0 radical (unpaired) electrons. The van der Waals surface area contributed by atoms with Crippen LogP contribution in [0.2, 0.25) is 0 Å². The molecule has 3 N–H and O–H groups in total. The molecule has 108 valence electrons. The molecule has 20 heavy (non-hydrogen) atoms. The van der Waals surface area contributed by atoms with Gasteiger partial charge in [0.1, 0.15) is 0 Å². The molecule has 0 unspecified atom stereocenters. The van der Waals surface area contributed by atoms with Crippen molar-refractivity contribution in [3.8, 4) is 0 Å². The lowest BCUT2D eigenvalue weighted by molar-refractivity contribution is -0.122. The predicted octanol–water partition coefficient (Wildman–Crippen LogP) is 0.171. The Kier molecular flexibility index (Phi) is 4.95. The van der Waals surface area contributed by atoms with Crippen LogP contribution < -0.4 is 20.9 Å². The Morgan fingerprint density at radius 2 is 1.85 bits per heavy atom. The van der Waals surface area contributed by atoms with Crippen molar-refractivity contribution in [2.75, 3.05) is 42.9 Å². The quantitative estimate of drug-likeness (QED) is 0.733. The van der Waals surface area contributed by atoms with Crippen LogP contribution in [-0.2, 0) is 9.59 Å². The summed E-state index contributed by atoms with van der Waals surface area (Å²) in [5.74, 6) is -0.440. The highest BCUT2D eigenvalue weighted by Crippen LogP contribution is 2.18. The van der Waals surface area contributed by atoms with Crippen molar-refractivity contribution in [3.63, 3.8) is 0 Å². The average Bonchev–Trinajstić information content (AvgIpc) is 2.47. The van der Waals surface area contributed by atoms with Crippen LogP contribution >= 0.6 is 0 Å². The number of carbonyl (C=O) groups excluding carboxylic acids is 2. The Balaban J connectivity index is 1.87. The maximum Gasteiger partial charge on any atom is 0.243 e. The molecule has 0 saturated carbocycles. The second-order valence-electron chi connectivity index (χ2n) is 4.74. The fourth-order valence-corrected chi connectivity index (χ4v) is 2.09. The molecule has 1 aromatic carbocycles. The van der Waals surface area contributed by atoms with Gasteiger partial charge in [0.05, 0.1) is 6.54 Å². The van der Waals surface area contributed by atoms with Crippen LogP contribution in [0.3, 0.4) is 0 Å². The van der Waals surface area contributed by atoms with Gasteiger partial charge in [-0.3, -0.25) is 9.59 Å². The van der Waals surface area contributed by atoms with Crippen LogP contribution in [0, 0.1) is 0 Å². The van der Waals surface area contributed by atoms with Gasteiger partial charge in [-0.2, -0.15) is 0 Å². The van der Waals surface area contributed by atoms with E-state index >= 15 is 0 Å². The fourth-order valence-electron chi connectivity index (χ4n) is 2.09. The van der Waals surface area contributed by atoms with Gasteiger partial charge in [0, 0.05) is 44.5 Å². The van der Waals surface area contributed by atoms with E-state index in [0.29, 0.717) is 0 Å². The van der Waals surface area contributed by atoms with E-state index < -0.39 is 0 Å². The molecule has 0 bridgehead atoms. The van der Waals surface area contributed by atoms with E-state index in [4.69, 9.17) is 0 Å². The lowest BCUT2D eigenvalue weighted by atomic mass is 10.2. The smallest absolute Gasteiger partial charge is 0.243 e. The van der Waals surface area contributed by atoms with Gasteiger partial charge in [-0.15, -0.1) is 0 Å². The Morgan fingerprint density at radius 1 is 1.20 bits per heavy atom. The van der Waals surface area contributed by atoms with Crippen molar-refractivity contribution in [1.29, 1.82) is 0 Å². The van der Waals surface area contributed by atoms with Crippen LogP contribution in [0.1, 0.15) is 6.92 Å². The van der Waals surface area contributed by atoms with Crippen molar-refractivity contribution in [3.05, 3.63) is 24.3 Å². The average molecular weight is 276 g/mol. The third-order valence-electron chi connectivity index (χ3n) is 3.13. The number of anilines is 2. The van der Waals surface area contributed by atoms with Crippen molar-refractivity contribution < 1.29 is 9.59 Å². The molecule has 1 aliphatic heterocycles. The highest BCUT2D eigenvalue weighted by atomic mass is 16.2. The minimum Gasteiger partial charge on any atom is -0.369 e. The number of hydrogen-bond acceptors (Lipinski definition) is 4. The number of nitrogens with zero attached hydrogens (tertiary/aromatic N) is 1. The van der Waals surface area contributed by atoms with Crippen LogP contribution in [0.25, 0.3) is 0 Å². The van der Waals surface area contributed by atoms with Gasteiger partial charge in [0.2, 0.25) is 11.8 Å². The summed E-state index contributed by atoms with van der Waals surface area (Å²) in [6.07, 6.45) is 0. The Hall–Kier alpha value is -2.08. The third-order valence-corrected chi connectivity index (χ3v) is 3.13. The van der Waals surface area contributed by atoms with E-state index in [9.17, 15) is 9.59 Å². The van der Waals surface area contributed by atoms with Crippen LogP contribution in [0.5, 0.6) is 0 Å². The number of amides is 2. The third kappa shape index (κ3) is 4.24. The summed E-state index contributed by atoms with van der Waals surface area (Å²) >= 11 is 0. The predicted molar refractivity (Wildman–Crippen MR) is 78.8 cm³/mol. The molecule has 1 fully saturated rings. The SMILES string of the molecule is CC(=O)NCC(=O)Nc1ccc(N2CCNCC2)cc1. The number of benzene rings is 1. The molecule has 0 aromatic heterocycles. The first-order chi connectivity index (χ1) is 9.65. The molecule has 0 atom stereocenters. The second-order valence-corrected chi connectivity index (χ2v) is 4.74. The van der Waals surface area contributed by atoms with Crippen LogP contribution in [0.4, 0.5) is 11.4 Å². The summed E-state index contributed by atoms with van der Waals surface area (Å²) < 4.78 is 0. The van der Waals surface area contributed by atoms with Crippen LogP contribution in [0.15, 0.2) is 24.3 Å². The summed E-state index contributed by atoms with van der Waals surface area (Å²) in [6.45, 7) is 5.36. The van der Waals surface area contributed by atoms with Crippen molar-refractivity contribution in [2.45, 2.75) is 6.92 Å². The van der Waals surface area contributed by atoms with Gasteiger partial charge in [0.25, 0.3) is 0 Å². The first kappa shape index (κ1) is 14.3.